The van der Waals surface area contributed by atoms with Crippen LogP contribution in [0.2, 0.25) is 0 Å². The summed E-state index contributed by atoms with van der Waals surface area (Å²) in [7, 11) is 1.63. The molecule has 19 heavy (non-hydrogen) atoms. The van der Waals surface area contributed by atoms with Crippen molar-refractivity contribution in [3.63, 3.8) is 0 Å². The Morgan fingerprint density at radius 3 is 2.37 bits per heavy atom. The van der Waals surface area contributed by atoms with Crippen LogP contribution in [0.3, 0.4) is 0 Å². The molecule has 98 valence electrons. The molecule has 2 aromatic rings. The van der Waals surface area contributed by atoms with E-state index in [1.165, 1.54) is 0 Å². The minimum Gasteiger partial charge on any atom is -0.496 e. The number of amides is 1. The monoisotopic (exact) mass is 255 g/mol. The van der Waals surface area contributed by atoms with Crippen molar-refractivity contribution in [2.24, 2.45) is 5.73 Å². The number of carbonyl (C=O) groups excluding carboxylic acids is 1. The normalized spacial score (nSPS) is 11.8. The first-order valence-electron chi connectivity index (χ1n) is 6.18. The molecular formula is C16H17NO2. The SMILES string of the molecule is COc1ccccc1C(CC(N)=O)c1ccccc1. The van der Waals surface area contributed by atoms with Gasteiger partial charge in [0.1, 0.15) is 5.75 Å². The Kier molecular flexibility index (Phi) is 4.18. The number of ether oxygens (including phenoxy) is 1. The largest absolute Gasteiger partial charge is 0.496 e. The topological polar surface area (TPSA) is 52.3 Å². The van der Waals surface area contributed by atoms with E-state index in [1.807, 2.05) is 54.6 Å². The fourth-order valence-electron chi connectivity index (χ4n) is 2.25. The highest BCUT2D eigenvalue weighted by Gasteiger charge is 2.19. The van der Waals surface area contributed by atoms with Crippen LogP contribution < -0.4 is 10.5 Å². The lowest BCUT2D eigenvalue weighted by Gasteiger charge is -2.19. The molecule has 3 heteroatoms. The zero-order valence-electron chi connectivity index (χ0n) is 10.9. The van der Waals surface area contributed by atoms with Crippen molar-refractivity contribution in [2.75, 3.05) is 7.11 Å². The number of benzene rings is 2. The second-order valence-electron chi connectivity index (χ2n) is 4.38. The molecule has 0 radical (unpaired) electrons. The van der Waals surface area contributed by atoms with Crippen molar-refractivity contribution >= 4 is 5.91 Å². The number of methoxy groups -OCH3 is 1. The predicted octanol–water partition coefficient (Wildman–Crippen LogP) is 2.70. The third kappa shape index (κ3) is 3.13. The van der Waals surface area contributed by atoms with Gasteiger partial charge < -0.3 is 10.5 Å². The lowest BCUT2D eigenvalue weighted by molar-refractivity contribution is -0.118. The van der Waals surface area contributed by atoms with Crippen molar-refractivity contribution in [3.8, 4) is 5.75 Å². The first kappa shape index (κ1) is 13.1. The summed E-state index contributed by atoms with van der Waals surface area (Å²) in [5.74, 6) is 0.382. The van der Waals surface area contributed by atoms with Gasteiger partial charge in [-0.2, -0.15) is 0 Å². The van der Waals surface area contributed by atoms with Crippen LogP contribution in [0.15, 0.2) is 54.6 Å². The lowest BCUT2D eigenvalue weighted by atomic mass is 9.88. The van der Waals surface area contributed by atoms with Gasteiger partial charge in [-0.15, -0.1) is 0 Å². The highest BCUT2D eigenvalue weighted by molar-refractivity contribution is 5.75. The summed E-state index contributed by atoms with van der Waals surface area (Å²) >= 11 is 0. The van der Waals surface area contributed by atoms with E-state index in [9.17, 15) is 4.79 Å². The number of para-hydroxylation sites is 1. The molecule has 1 unspecified atom stereocenters. The average molecular weight is 255 g/mol. The molecule has 0 spiro atoms. The summed E-state index contributed by atoms with van der Waals surface area (Å²) in [4.78, 5) is 11.3. The minimum absolute atomic E-state index is 0.0742. The first-order chi connectivity index (χ1) is 9.22. The highest BCUT2D eigenvalue weighted by Crippen LogP contribution is 2.33. The zero-order valence-corrected chi connectivity index (χ0v) is 10.9. The minimum atomic E-state index is -0.320. The molecule has 2 N–H and O–H groups in total. The highest BCUT2D eigenvalue weighted by atomic mass is 16.5. The molecule has 0 bridgehead atoms. The van der Waals surface area contributed by atoms with Crippen LogP contribution in [-0.2, 0) is 4.79 Å². The lowest BCUT2D eigenvalue weighted by Crippen LogP contribution is -2.16. The predicted molar refractivity (Wildman–Crippen MR) is 75.1 cm³/mol. The number of primary amides is 1. The molecule has 0 saturated heterocycles. The van der Waals surface area contributed by atoms with Gasteiger partial charge in [0.25, 0.3) is 0 Å². The zero-order chi connectivity index (χ0) is 13.7. The summed E-state index contributed by atoms with van der Waals surface area (Å²) in [6.07, 6.45) is 0.268. The smallest absolute Gasteiger partial charge is 0.218 e. The fourth-order valence-corrected chi connectivity index (χ4v) is 2.25. The maximum absolute atomic E-state index is 11.3. The molecule has 0 aliphatic carbocycles. The number of hydrogen-bond donors (Lipinski definition) is 1. The molecule has 0 aromatic heterocycles. The van der Waals surface area contributed by atoms with Gasteiger partial charge in [0, 0.05) is 17.9 Å². The van der Waals surface area contributed by atoms with Crippen LogP contribution in [-0.4, -0.2) is 13.0 Å². The van der Waals surface area contributed by atoms with E-state index in [0.29, 0.717) is 0 Å². The van der Waals surface area contributed by atoms with Crippen LogP contribution in [0.25, 0.3) is 0 Å². The Hall–Kier alpha value is -2.29. The second-order valence-corrected chi connectivity index (χ2v) is 4.38. The van der Waals surface area contributed by atoms with Crippen molar-refractivity contribution < 1.29 is 9.53 Å². The van der Waals surface area contributed by atoms with Gasteiger partial charge in [0.2, 0.25) is 5.91 Å². The number of hydrogen-bond acceptors (Lipinski definition) is 2. The van der Waals surface area contributed by atoms with Gasteiger partial charge >= 0.3 is 0 Å². The van der Waals surface area contributed by atoms with Crippen LogP contribution in [0.4, 0.5) is 0 Å². The van der Waals surface area contributed by atoms with Gasteiger partial charge in [0.15, 0.2) is 0 Å². The Morgan fingerprint density at radius 2 is 1.74 bits per heavy atom. The van der Waals surface area contributed by atoms with E-state index in [0.717, 1.165) is 16.9 Å². The molecule has 0 aliphatic heterocycles. The summed E-state index contributed by atoms with van der Waals surface area (Å²) in [5, 5.41) is 0. The van der Waals surface area contributed by atoms with Crippen molar-refractivity contribution in [2.45, 2.75) is 12.3 Å². The van der Waals surface area contributed by atoms with Crippen molar-refractivity contribution in [1.82, 2.24) is 0 Å². The molecule has 1 amide bonds. The molecular weight excluding hydrogens is 238 g/mol. The van der Waals surface area contributed by atoms with Crippen LogP contribution >= 0.6 is 0 Å². The second kappa shape index (κ2) is 6.05. The van der Waals surface area contributed by atoms with E-state index < -0.39 is 0 Å². The van der Waals surface area contributed by atoms with Gasteiger partial charge in [-0.05, 0) is 11.6 Å². The molecule has 2 aromatic carbocycles. The first-order valence-corrected chi connectivity index (χ1v) is 6.18. The Bertz CT molecular complexity index is 552. The molecule has 0 heterocycles. The Balaban J connectivity index is 2.46. The maximum atomic E-state index is 11.3. The molecule has 0 aliphatic rings. The van der Waals surface area contributed by atoms with E-state index in [1.54, 1.807) is 7.11 Å². The average Bonchev–Trinajstić information content (AvgIpc) is 2.45. The van der Waals surface area contributed by atoms with E-state index in [4.69, 9.17) is 10.5 Å². The summed E-state index contributed by atoms with van der Waals surface area (Å²) in [5.41, 5.74) is 7.42. The van der Waals surface area contributed by atoms with E-state index >= 15 is 0 Å². The van der Waals surface area contributed by atoms with Crippen LogP contribution in [0.5, 0.6) is 5.75 Å². The Labute approximate surface area is 113 Å². The number of nitrogens with two attached hydrogens (primary N) is 1. The molecule has 2 rings (SSSR count). The molecule has 3 nitrogen and oxygen atoms in total. The van der Waals surface area contributed by atoms with Crippen molar-refractivity contribution in [3.05, 3.63) is 65.7 Å². The molecule has 1 atom stereocenters. The van der Waals surface area contributed by atoms with Crippen molar-refractivity contribution in [1.29, 1.82) is 0 Å². The van der Waals surface area contributed by atoms with Crippen LogP contribution in [0.1, 0.15) is 23.5 Å². The Morgan fingerprint density at radius 1 is 1.11 bits per heavy atom. The third-order valence-electron chi connectivity index (χ3n) is 3.12. The maximum Gasteiger partial charge on any atom is 0.218 e. The van der Waals surface area contributed by atoms with Gasteiger partial charge in [-0.25, -0.2) is 0 Å². The number of carbonyl (C=O) groups is 1. The summed E-state index contributed by atoms with van der Waals surface area (Å²) in [6, 6.07) is 17.6. The molecule has 0 saturated carbocycles. The quantitative estimate of drug-likeness (QED) is 0.893. The fraction of sp³-hybridized carbons (Fsp3) is 0.188. The van der Waals surface area contributed by atoms with Crippen LogP contribution in [0, 0.1) is 0 Å². The molecule has 0 fully saturated rings. The summed E-state index contributed by atoms with van der Waals surface area (Å²) in [6.45, 7) is 0. The number of rotatable bonds is 5. The summed E-state index contributed by atoms with van der Waals surface area (Å²) < 4.78 is 5.38. The van der Waals surface area contributed by atoms with Gasteiger partial charge in [0.05, 0.1) is 7.11 Å². The standard InChI is InChI=1S/C16H17NO2/c1-19-15-10-6-5-9-13(15)14(11-16(17)18)12-7-3-2-4-8-12/h2-10,14H,11H2,1H3,(H2,17,18). The van der Waals surface area contributed by atoms with E-state index in [2.05, 4.69) is 0 Å². The van der Waals surface area contributed by atoms with Gasteiger partial charge in [-0.1, -0.05) is 48.5 Å². The van der Waals surface area contributed by atoms with E-state index in [-0.39, 0.29) is 18.2 Å². The third-order valence-corrected chi connectivity index (χ3v) is 3.12. The van der Waals surface area contributed by atoms with Gasteiger partial charge in [-0.3, -0.25) is 4.79 Å².